The molecule has 0 aliphatic carbocycles. The molecule has 0 saturated carbocycles. The maximum atomic E-state index is 12.9. The van der Waals surface area contributed by atoms with Gasteiger partial charge in [-0.05, 0) is 81.3 Å². The van der Waals surface area contributed by atoms with Crippen molar-refractivity contribution in [1.82, 2.24) is 4.98 Å². The fourth-order valence-corrected chi connectivity index (χ4v) is 6.67. The molecule has 5 rings (SSSR count). The second-order valence-electron chi connectivity index (χ2n) is 9.12. The lowest BCUT2D eigenvalue weighted by Crippen LogP contribution is -2.23. The van der Waals surface area contributed by atoms with Gasteiger partial charge in [-0.3, -0.25) is 9.79 Å². The van der Waals surface area contributed by atoms with Gasteiger partial charge in [-0.2, -0.15) is 0 Å². The molecule has 2 aromatic heterocycles. The summed E-state index contributed by atoms with van der Waals surface area (Å²) in [5.41, 5.74) is 6.94. The van der Waals surface area contributed by atoms with Crippen molar-refractivity contribution in [2.75, 3.05) is 5.32 Å². The van der Waals surface area contributed by atoms with Gasteiger partial charge in [-0.1, -0.05) is 57.5 Å². The molecule has 0 unspecified atom stereocenters. The lowest BCUT2D eigenvalue weighted by atomic mass is 10.1. The van der Waals surface area contributed by atoms with Crippen LogP contribution in [0.4, 0.5) is 11.4 Å². The first kappa shape index (κ1) is 26.4. The van der Waals surface area contributed by atoms with Gasteiger partial charge in [0.05, 0.1) is 27.4 Å². The molecule has 38 heavy (non-hydrogen) atoms. The highest BCUT2D eigenvalue weighted by Gasteiger charge is 2.19. The Bertz CT molecular complexity index is 1630. The molecule has 5 nitrogen and oxygen atoms in total. The van der Waals surface area contributed by atoms with Crippen molar-refractivity contribution < 1.29 is 9.21 Å². The third-order valence-electron chi connectivity index (χ3n) is 6.02. The number of benzene rings is 3. The van der Waals surface area contributed by atoms with E-state index in [2.05, 4.69) is 45.3 Å². The van der Waals surface area contributed by atoms with Crippen LogP contribution in [0.2, 0.25) is 0 Å². The van der Waals surface area contributed by atoms with Crippen molar-refractivity contribution in [1.29, 1.82) is 0 Å². The van der Waals surface area contributed by atoms with Gasteiger partial charge >= 0.3 is 0 Å². The maximum absolute atomic E-state index is 12.9. The third kappa shape index (κ3) is 6.09. The van der Waals surface area contributed by atoms with Crippen LogP contribution in [0.5, 0.6) is 0 Å². The molecular formula is C30H26BrN3O2S2. The van der Waals surface area contributed by atoms with Gasteiger partial charge in [0.2, 0.25) is 5.91 Å². The van der Waals surface area contributed by atoms with E-state index in [1.54, 1.807) is 17.6 Å². The first-order valence-corrected chi connectivity index (χ1v) is 14.6. The van der Waals surface area contributed by atoms with Gasteiger partial charge in [0.15, 0.2) is 4.34 Å². The van der Waals surface area contributed by atoms with E-state index in [1.807, 2.05) is 75.4 Å². The monoisotopic (exact) mass is 603 g/mol. The normalized spacial score (nSPS) is 12.3. The van der Waals surface area contributed by atoms with Crippen molar-refractivity contribution in [3.8, 4) is 11.3 Å². The zero-order valence-corrected chi connectivity index (χ0v) is 24.6. The van der Waals surface area contributed by atoms with Crippen LogP contribution in [0.15, 0.2) is 85.0 Å². The molecule has 8 heteroatoms. The zero-order valence-electron chi connectivity index (χ0n) is 21.4. The molecule has 1 atom stereocenters. The molecule has 0 radical (unpaired) electrons. The second-order valence-corrected chi connectivity index (χ2v) is 12.7. The molecule has 0 spiro atoms. The number of hydrogen-bond acceptors (Lipinski definition) is 6. The summed E-state index contributed by atoms with van der Waals surface area (Å²) in [6.45, 7) is 8.02. The van der Waals surface area contributed by atoms with E-state index < -0.39 is 0 Å². The largest absolute Gasteiger partial charge is 0.455 e. The minimum Gasteiger partial charge on any atom is -0.455 e. The number of carbonyl (C=O) groups excluding carboxylic acids is 1. The maximum Gasteiger partial charge on any atom is 0.237 e. The van der Waals surface area contributed by atoms with Crippen LogP contribution in [0, 0.1) is 20.8 Å². The predicted molar refractivity (Wildman–Crippen MR) is 163 cm³/mol. The number of anilines is 1. The predicted octanol–water partition coefficient (Wildman–Crippen LogP) is 9.11. The molecule has 5 aromatic rings. The van der Waals surface area contributed by atoms with Crippen LogP contribution >= 0.6 is 39.0 Å². The highest BCUT2D eigenvalue weighted by atomic mass is 79.9. The number of hydrogen-bond donors (Lipinski definition) is 1. The van der Waals surface area contributed by atoms with Crippen molar-refractivity contribution >= 4 is 72.7 Å². The molecule has 3 aromatic carbocycles. The number of aliphatic imine (C=N–C) groups is 1. The molecule has 1 amide bonds. The van der Waals surface area contributed by atoms with Gasteiger partial charge < -0.3 is 9.73 Å². The molecule has 0 bridgehead atoms. The van der Waals surface area contributed by atoms with E-state index >= 15 is 0 Å². The number of thioether (sulfide) groups is 1. The Kier molecular flexibility index (Phi) is 7.83. The van der Waals surface area contributed by atoms with Crippen molar-refractivity contribution in [2.45, 2.75) is 37.3 Å². The number of rotatable bonds is 7. The summed E-state index contributed by atoms with van der Waals surface area (Å²) >= 11 is 6.49. The number of carbonyl (C=O) groups is 1. The van der Waals surface area contributed by atoms with Crippen LogP contribution in [0.1, 0.15) is 29.4 Å². The molecular weight excluding hydrogens is 578 g/mol. The number of thiazole rings is 1. The van der Waals surface area contributed by atoms with Gasteiger partial charge in [0.25, 0.3) is 0 Å². The van der Waals surface area contributed by atoms with Crippen LogP contribution in [-0.4, -0.2) is 22.4 Å². The van der Waals surface area contributed by atoms with E-state index in [0.717, 1.165) is 52.9 Å². The van der Waals surface area contributed by atoms with Crippen LogP contribution in [-0.2, 0) is 4.79 Å². The minimum atomic E-state index is -0.285. The molecule has 0 aliphatic rings. The Morgan fingerprint density at radius 3 is 2.53 bits per heavy atom. The van der Waals surface area contributed by atoms with Crippen molar-refractivity contribution in [3.63, 3.8) is 0 Å². The van der Waals surface area contributed by atoms with Gasteiger partial charge in [0.1, 0.15) is 11.5 Å². The molecule has 0 fully saturated rings. The highest BCUT2D eigenvalue weighted by molar-refractivity contribution is 9.10. The fourth-order valence-electron chi connectivity index (χ4n) is 4.16. The number of nitrogens with one attached hydrogen (secondary N) is 1. The lowest BCUT2D eigenvalue weighted by molar-refractivity contribution is -0.115. The topological polar surface area (TPSA) is 67.5 Å². The first-order valence-electron chi connectivity index (χ1n) is 12.1. The standard InChI is InChI=1S/C30H26BrN3O2S2/c1-17-13-18(2)28(19(3)14-17)34-29(35)20(4)37-30-33-25-11-9-23(15-27(25)38-30)32-16-24-10-12-26(36-24)21-5-7-22(31)8-6-21/h5-16,20H,1-4H3,(H,34,35)/t20-/m0/s1. The summed E-state index contributed by atoms with van der Waals surface area (Å²) in [6.07, 6.45) is 1.72. The Balaban J connectivity index is 1.25. The van der Waals surface area contributed by atoms with Crippen LogP contribution in [0.25, 0.3) is 21.5 Å². The number of furan rings is 1. The van der Waals surface area contributed by atoms with Gasteiger partial charge in [0, 0.05) is 15.7 Å². The Morgan fingerprint density at radius 2 is 1.79 bits per heavy atom. The molecule has 0 aliphatic heterocycles. The highest BCUT2D eigenvalue weighted by Crippen LogP contribution is 2.35. The van der Waals surface area contributed by atoms with Crippen molar-refractivity contribution in [2.24, 2.45) is 4.99 Å². The Hall–Kier alpha value is -3.20. The van der Waals surface area contributed by atoms with Gasteiger partial charge in [-0.25, -0.2) is 4.98 Å². The second kappa shape index (κ2) is 11.3. The molecule has 192 valence electrons. The molecule has 0 saturated heterocycles. The summed E-state index contributed by atoms with van der Waals surface area (Å²) in [5, 5.41) is 2.82. The fraction of sp³-hybridized carbons (Fsp3) is 0.167. The number of fused-ring (bicyclic) bond motifs is 1. The Morgan fingerprint density at radius 1 is 1.05 bits per heavy atom. The van der Waals surface area contributed by atoms with E-state index in [4.69, 9.17) is 9.40 Å². The number of aromatic nitrogens is 1. The number of amides is 1. The van der Waals surface area contributed by atoms with E-state index in [9.17, 15) is 4.79 Å². The Labute approximate surface area is 238 Å². The average Bonchev–Trinajstić information content (AvgIpc) is 3.51. The molecule has 2 heterocycles. The third-order valence-corrected chi connectivity index (χ3v) is 8.76. The van der Waals surface area contributed by atoms with Gasteiger partial charge in [-0.15, -0.1) is 11.3 Å². The van der Waals surface area contributed by atoms with Crippen molar-refractivity contribution in [3.05, 3.63) is 93.7 Å². The SMILES string of the molecule is Cc1cc(C)c(NC(=O)[C@H](C)Sc2nc3ccc(N=Cc4ccc(-c5ccc(Br)cc5)o4)cc3s2)c(C)c1. The average molecular weight is 605 g/mol. The molecule has 1 N–H and O–H groups in total. The summed E-state index contributed by atoms with van der Waals surface area (Å²) in [6, 6.07) is 21.9. The first-order chi connectivity index (χ1) is 18.2. The number of nitrogens with zero attached hydrogens (tertiary/aromatic N) is 2. The van der Waals surface area contributed by atoms with E-state index in [0.29, 0.717) is 5.76 Å². The van der Waals surface area contributed by atoms with Crippen LogP contribution < -0.4 is 5.32 Å². The summed E-state index contributed by atoms with van der Waals surface area (Å²) in [7, 11) is 0. The quantitative estimate of drug-likeness (QED) is 0.149. The number of halogens is 1. The lowest BCUT2D eigenvalue weighted by Gasteiger charge is -2.15. The summed E-state index contributed by atoms with van der Waals surface area (Å²) in [5.74, 6) is 1.45. The summed E-state index contributed by atoms with van der Waals surface area (Å²) in [4.78, 5) is 22.2. The minimum absolute atomic E-state index is 0.0319. The smallest absolute Gasteiger partial charge is 0.237 e. The van der Waals surface area contributed by atoms with E-state index in [1.165, 1.54) is 17.3 Å². The zero-order chi connectivity index (χ0) is 26.8. The summed E-state index contributed by atoms with van der Waals surface area (Å²) < 4.78 is 8.84. The van der Waals surface area contributed by atoms with Crippen LogP contribution in [0.3, 0.4) is 0 Å². The van der Waals surface area contributed by atoms with E-state index in [-0.39, 0.29) is 11.2 Å². The number of aryl methyl sites for hydroxylation is 3.